The van der Waals surface area contributed by atoms with Gasteiger partial charge in [-0.2, -0.15) is 0 Å². The summed E-state index contributed by atoms with van der Waals surface area (Å²) in [6, 6.07) is 9.02. The minimum absolute atomic E-state index is 0.304. The van der Waals surface area contributed by atoms with Gasteiger partial charge in [0.05, 0.1) is 0 Å². The molecule has 0 radical (unpaired) electrons. The smallest absolute Gasteiger partial charge is 0.0483 e. The highest BCUT2D eigenvalue weighted by Crippen LogP contribution is 2.25. The molecular formula is C20H31N3O. The molecule has 0 saturated carbocycles. The molecule has 0 bridgehead atoms. The van der Waals surface area contributed by atoms with Gasteiger partial charge in [-0.05, 0) is 62.4 Å². The number of aliphatic hydroxyl groups excluding tert-OH is 1. The highest BCUT2D eigenvalue weighted by Gasteiger charge is 2.27. The van der Waals surface area contributed by atoms with Gasteiger partial charge in [-0.25, -0.2) is 0 Å². The van der Waals surface area contributed by atoms with E-state index in [0.717, 1.165) is 39.1 Å². The van der Waals surface area contributed by atoms with Crippen LogP contribution in [-0.2, 0) is 13.1 Å². The SMILES string of the molecule is CCn1ccc2ccc(CN3C[C@H](CO)C[C@@H](CN(C)C)C3)cc21. The van der Waals surface area contributed by atoms with Crippen molar-refractivity contribution in [1.82, 2.24) is 14.4 Å². The van der Waals surface area contributed by atoms with Gasteiger partial charge < -0.3 is 14.6 Å². The quantitative estimate of drug-likeness (QED) is 0.884. The van der Waals surface area contributed by atoms with E-state index in [1.165, 1.54) is 16.5 Å². The van der Waals surface area contributed by atoms with Gasteiger partial charge in [0, 0.05) is 51.0 Å². The molecule has 1 fully saturated rings. The van der Waals surface area contributed by atoms with E-state index < -0.39 is 0 Å². The van der Waals surface area contributed by atoms with Crippen molar-refractivity contribution in [3.05, 3.63) is 36.0 Å². The van der Waals surface area contributed by atoms with Crippen molar-refractivity contribution in [3.63, 3.8) is 0 Å². The third kappa shape index (κ3) is 4.00. The number of rotatable bonds is 6. The average molecular weight is 329 g/mol. The Hall–Kier alpha value is -1.36. The van der Waals surface area contributed by atoms with Gasteiger partial charge in [-0.1, -0.05) is 12.1 Å². The number of hydrogen-bond acceptors (Lipinski definition) is 3. The second kappa shape index (κ2) is 7.68. The number of fused-ring (bicyclic) bond motifs is 1. The summed E-state index contributed by atoms with van der Waals surface area (Å²) in [5.41, 5.74) is 2.70. The summed E-state index contributed by atoms with van der Waals surface area (Å²) in [6.07, 6.45) is 3.31. The van der Waals surface area contributed by atoms with E-state index in [1.54, 1.807) is 0 Å². The minimum atomic E-state index is 0.304. The minimum Gasteiger partial charge on any atom is -0.396 e. The van der Waals surface area contributed by atoms with Gasteiger partial charge >= 0.3 is 0 Å². The van der Waals surface area contributed by atoms with Crippen molar-refractivity contribution in [1.29, 1.82) is 0 Å². The number of aliphatic hydroxyl groups is 1. The zero-order valence-electron chi connectivity index (χ0n) is 15.3. The fraction of sp³-hybridized carbons (Fsp3) is 0.600. The van der Waals surface area contributed by atoms with Gasteiger partial charge in [-0.3, -0.25) is 4.90 Å². The molecule has 0 unspecified atom stereocenters. The summed E-state index contributed by atoms with van der Waals surface area (Å²) in [4.78, 5) is 4.79. The molecule has 1 aliphatic heterocycles. The van der Waals surface area contributed by atoms with Crippen molar-refractivity contribution >= 4 is 10.9 Å². The lowest BCUT2D eigenvalue weighted by molar-refractivity contribution is 0.0692. The van der Waals surface area contributed by atoms with Gasteiger partial charge in [0.2, 0.25) is 0 Å². The topological polar surface area (TPSA) is 31.6 Å². The molecule has 4 heteroatoms. The Labute approximate surface area is 145 Å². The number of hydrogen-bond donors (Lipinski definition) is 1. The molecule has 2 heterocycles. The number of piperidine rings is 1. The third-order valence-electron chi connectivity index (χ3n) is 5.17. The summed E-state index contributed by atoms with van der Waals surface area (Å²) >= 11 is 0. The van der Waals surface area contributed by atoms with Crippen LogP contribution in [0, 0.1) is 11.8 Å². The van der Waals surface area contributed by atoms with E-state index in [-0.39, 0.29) is 0 Å². The van der Waals surface area contributed by atoms with Crippen LogP contribution in [0.15, 0.2) is 30.5 Å². The van der Waals surface area contributed by atoms with Crippen molar-refractivity contribution < 1.29 is 5.11 Å². The third-order valence-corrected chi connectivity index (χ3v) is 5.17. The van der Waals surface area contributed by atoms with Gasteiger partial charge in [0.15, 0.2) is 0 Å². The van der Waals surface area contributed by atoms with Crippen molar-refractivity contribution in [2.24, 2.45) is 11.8 Å². The molecule has 3 rings (SSSR count). The number of likely N-dealkylation sites (tertiary alicyclic amines) is 1. The number of aromatic nitrogens is 1. The standard InChI is InChI=1S/C20H31N3O/c1-4-23-8-7-19-6-5-16(10-20(19)23)12-22-13-17(11-21(2)3)9-18(14-22)15-24/h5-8,10,17-18,24H,4,9,11-15H2,1-3H3/t17-,18+/m0/s1. The molecule has 24 heavy (non-hydrogen) atoms. The van der Waals surface area contributed by atoms with E-state index in [4.69, 9.17) is 0 Å². The normalized spacial score (nSPS) is 22.5. The van der Waals surface area contributed by atoms with Gasteiger partial charge in [0.1, 0.15) is 0 Å². The fourth-order valence-electron chi connectivity index (χ4n) is 4.20. The lowest BCUT2D eigenvalue weighted by Crippen LogP contribution is -2.44. The lowest BCUT2D eigenvalue weighted by Gasteiger charge is -2.38. The zero-order valence-corrected chi connectivity index (χ0v) is 15.3. The maximum absolute atomic E-state index is 9.67. The molecule has 1 aromatic heterocycles. The Morgan fingerprint density at radius 3 is 2.67 bits per heavy atom. The van der Waals surface area contributed by atoms with E-state index in [1.807, 2.05) is 0 Å². The predicted molar refractivity (Wildman–Crippen MR) is 100 cm³/mol. The van der Waals surface area contributed by atoms with Crippen LogP contribution in [0.1, 0.15) is 18.9 Å². The molecule has 0 spiro atoms. The zero-order chi connectivity index (χ0) is 17.1. The molecule has 0 amide bonds. The molecule has 2 aromatic rings. The van der Waals surface area contributed by atoms with Crippen LogP contribution in [0.3, 0.4) is 0 Å². The van der Waals surface area contributed by atoms with Crippen molar-refractivity contribution in [2.75, 3.05) is 40.3 Å². The molecule has 1 aromatic carbocycles. The van der Waals surface area contributed by atoms with Crippen molar-refractivity contribution in [3.8, 4) is 0 Å². The molecule has 1 aliphatic rings. The highest BCUT2D eigenvalue weighted by atomic mass is 16.3. The first kappa shape index (κ1) is 17.5. The van der Waals surface area contributed by atoms with Crippen LogP contribution in [0.25, 0.3) is 10.9 Å². The summed E-state index contributed by atoms with van der Waals surface area (Å²) < 4.78 is 2.31. The maximum Gasteiger partial charge on any atom is 0.0483 e. The molecular weight excluding hydrogens is 298 g/mol. The lowest BCUT2D eigenvalue weighted by atomic mass is 9.89. The Balaban J connectivity index is 1.73. The number of nitrogens with zero attached hydrogens (tertiary/aromatic N) is 3. The summed E-state index contributed by atoms with van der Waals surface area (Å²) in [6.45, 7) is 7.71. The number of benzene rings is 1. The first-order valence-electron chi connectivity index (χ1n) is 9.14. The molecule has 1 N–H and O–H groups in total. The van der Waals surface area contributed by atoms with E-state index >= 15 is 0 Å². The monoisotopic (exact) mass is 329 g/mol. The van der Waals surface area contributed by atoms with E-state index in [2.05, 4.69) is 65.8 Å². The molecule has 4 nitrogen and oxygen atoms in total. The van der Waals surface area contributed by atoms with Crippen molar-refractivity contribution in [2.45, 2.75) is 26.4 Å². The second-order valence-electron chi connectivity index (χ2n) is 7.60. The molecule has 1 saturated heterocycles. The number of aryl methyl sites for hydroxylation is 1. The van der Waals surface area contributed by atoms with Gasteiger partial charge in [0.25, 0.3) is 0 Å². The average Bonchev–Trinajstić information content (AvgIpc) is 2.96. The Morgan fingerprint density at radius 1 is 1.17 bits per heavy atom. The summed E-state index contributed by atoms with van der Waals surface area (Å²) in [5.74, 6) is 1.06. The predicted octanol–water partition coefficient (Wildman–Crippen LogP) is 2.65. The van der Waals surface area contributed by atoms with Crippen LogP contribution < -0.4 is 0 Å². The fourth-order valence-corrected chi connectivity index (χ4v) is 4.20. The summed E-state index contributed by atoms with van der Waals surface area (Å²) in [7, 11) is 4.28. The Bertz CT molecular complexity index is 664. The van der Waals surface area contributed by atoms with Gasteiger partial charge in [-0.15, -0.1) is 0 Å². The molecule has 0 aliphatic carbocycles. The van der Waals surface area contributed by atoms with Crippen LogP contribution in [0.4, 0.5) is 0 Å². The van der Waals surface area contributed by atoms with Crippen LogP contribution in [0.5, 0.6) is 0 Å². The van der Waals surface area contributed by atoms with E-state index in [9.17, 15) is 5.11 Å². The first-order chi connectivity index (χ1) is 11.6. The summed E-state index contributed by atoms with van der Waals surface area (Å²) in [5, 5.41) is 11.0. The second-order valence-corrected chi connectivity index (χ2v) is 7.60. The van der Waals surface area contributed by atoms with Crippen LogP contribution >= 0.6 is 0 Å². The Kier molecular flexibility index (Phi) is 5.59. The maximum atomic E-state index is 9.67. The van der Waals surface area contributed by atoms with E-state index in [0.29, 0.717) is 18.4 Å². The highest BCUT2D eigenvalue weighted by molar-refractivity contribution is 5.80. The van der Waals surface area contributed by atoms with Crippen LogP contribution in [-0.4, -0.2) is 59.8 Å². The largest absolute Gasteiger partial charge is 0.396 e. The molecule has 2 atom stereocenters. The molecule has 132 valence electrons. The van der Waals surface area contributed by atoms with Crippen LogP contribution in [0.2, 0.25) is 0 Å². The first-order valence-corrected chi connectivity index (χ1v) is 9.14. The Morgan fingerprint density at radius 2 is 1.96 bits per heavy atom.